The van der Waals surface area contributed by atoms with Crippen LogP contribution in [-0.2, 0) is 4.74 Å². The van der Waals surface area contributed by atoms with Crippen LogP contribution in [-0.4, -0.2) is 30.1 Å². The largest absolute Gasteiger partial charge is 0.450 e. The Hall–Kier alpha value is -2.99. The molecule has 6 heteroatoms. The van der Waals surface area contributed by atoms with Crippen molar-refractivity contribution in [3.63, 3.8) is 0 Å². The van der Waals surface area contributed by atoms with Gasteiger partial charge in [-0.25, -0.2) is 4.39 Å². The molecule has 2 aliphatic rings. The lowest BCUT2D eigenvalue weighted by atomic mass is 9.98. The fourth-order valence-electron chi connectivity index (χ4n) is 4.18. The summed E-state index contributed by atoms with van der Waals surface area (Å²) in [5.74, 6) is -0.866. The summed E-state index contributed by atoms with van der Waals surface area (Å²) in [5, 5.41) is 0.384. The lowest BCUT2D eigenvalue weighted by Gasteiger charge is -2.27. The van der Waals surface area contributed by atoms with Crippen LogP contribution in [0.3, 0.4) is 0 Å². The van der Waals surface area contributed by atoms with Crippen molar-refractivity contribution in [2.24, 2.45) is 0 Å². The summed E-state index contributed by atoms with van der Waals surface area (Å²) in [6.07, 6.45) is 1.62. The Morgan fingerprint density at radius 2 is 1.86 bits per heavy atom. The third-order valence-corrected chi connectivity index (χ3v) is 5.50. The first-order valence-electron chi connectivity index (χ1n) is 9.38. The van der Waals surface area contributed by atoms with E-state index in [1.807, 2.05) is 0 Å². The molecule has 5 rings (SSSR count). The van der Waals surface area contributed by atoms with E-state index in [-0.39, 0.29) is 35.0 Å². The maximum absolute atomic E-state index is 14.7. The van der Waals surface area contributed by atoms with Gasteiger partial charge in [0.15, 0.2) is 5.43 Å². The highest BCUT2D eigenvalue weighted by Gasteiger charge is 2.44. The zero-order valence-corrected chi connectivity index (χ0v) is 15.1. The molecule has 0 bridgehead atoms. The molecule has 2 atom stereocenters. The number of fused-ring (bicyclic) bond motifs is 2. The minimum absolute atomic E-state index is 0.00468. The molecule has 142 valence electrons. The molecule has 0 radical (unpaired) electrons. The minimum atomic E-state index is -0.825. The van der Waals surface area contributed by atoms with Gasteiger partial charge in [0.2, 0.25) is 5.76 Å². The molecule has 0 saturated carbocycles. The Balaban J connectivity index is 1.73. The normalized spacial score (nSPS) is 21.5. The highest BCUT2D eigenvalue weighted by molar-refractivity contribution is 5.99. The van der Waals surface area contributed by atoms with Crippen LogP contribution in [0.5, 0.6) is 0 Å². The second-order valence-corrected chi connectivity index (χ2v) is 7.19. The van der Waals surface area contributed by atoms with Gasteiger partial charge in [0.25, 0.3) is 5.91 Å². The molecule has 28 heavy (non-hydrogen) atoms. The standard InChI is InChI=1S/C22H18FNO4/c23-16-9-3-1-7-14(16)19-18-20(25)15-8-2-4-10-17(15)28-21(18)22(26)24(19)12-13-6-5-11-27-13/h1-4,7-10,13,19H,5-6,11-12H2/t13-,19+/m0/s1. The first kappa shape index (κ1) is 17.1. The Morgan fingerprint density at radius 3 is 2.64 bits per heavy atom. The Kier molecular flexibility index (Phi) is 4.02. The second-order valence-electron chi connectivity index (χ2n) is 7.19. The molecule has 0 N–H and O–H groups in total. The SMILES string of the molecule is O=C1c2oc3ccccc3c(=O)c2[C@@H](c2ccccc2F)N1C[C@@H]1CCCO1. The van der Waals surface area contributed by atoms with E-state index in [1.54, 1.807) is 42.5 Å². The maximum Gasteiger partial charge on any atom is 0.291 e. The zero-order valence-electron chi connectivity index (χ0n) is 15.1. The van der Waals surface area contributed by atoms with Gasteiger partial charge in [-0.2, -0.15) is 0 Å². The van der Waals surface area contributed by atoms with Gasteiger partial charge in [0.05, 0.1) is 23.1 Å². The molecule has 1 fully saturated rings. The molecular formula is C22H18FNO4. The first-order valence-corrected chi connectivity index (χ1v) is 9.38. The van der Waals surface area contributed by atoms with Crippen LogP contribution in [0.15, 0.2) is 57.7 Å². The predicted octanol–water partition coefficient (Wildman–Crippen LogP) is 3.66. The second kappa shape index (κ2) is 6.56. The number of para-hydroxylation sites is 1. The first-order chi connectivity index (χ1) is 13.6. The molecule has 1 aromatic heterocycles. The number of halogens is 1. The number of hydrogen-bond donors (Lipinski definition) is 0. The Morgan fingerprint density at radius 1 is 1.07 bits per heavy atom. The van der Waals surface area contributed by atoms with Gasteiger partial charge in [0, 0.05) is 18.7 Å². The van der Waals surface area contributed by atoms with Crippen molar-refractivity contribution < 1.29 is 18.3 Å². The van der Waals surface area contributed by atoms with E-state index in [1.165, 1.54) is 11.0 Å². The van der Waals surface area contributed by atoms with Crippen LogP contribution in [0.25, 0.3) is 11.0 Å². The summed E-state index contributed by atoms with van der Waals surface area (Å²) in [6.45, 7) is 0.933. The molecule has 0 spiro atoms. The van der Waals surface area contributed by atoms with Crippen LogP contribution >= 0.6 is 0 Å². The minimum Gasteiger partial charge on any atom is -0.450 e. The number of carbonyl (C=O) groups is 1. The van der Waals surface area contributed by atoms with E-state index in [0.29, 0.717) is 17.6 Å². The van der Waals surface area contributed by atoms with E-state index in [0.717, 1.165) is 12.8 Å². The summed E-state index contributed by atoms with van der Waals surface area (Å²) in [7, 11) is 0. The van der Waals surface area contributed by atoms with Gasteiger partial charge in [0.1, 0.15) is 11.4 Å². The van der Waals surface area contributed by atoms with E-state index in [2.05, 4.69) is 0 Å². The lowest BCUT2D eigenvalue weighted by molar-refractivity contribution is 0.0483. The molecule has 2 aromatic carbocycles. The summed E-state index contributed by atoms with van der Waals surface area (Å²) in [4.78, 5) is 28.0. The molecule has 5 nitrogen and oxygen atoms in total. The average Bonchev–Trinajstić information content (AvgIpc) is 3.31. The summed E-state index contributed by atoms with van der Waals surface area (Å²) in [5.41, 5.74) is 0.543. The van der Waals surface area contributed by atoms with Gasteiger partial charge >= 0.3 is 0 Å². The zero-order chi connectivity index (χ0) is 19.3. The average molecular weight is 379 g/mol. The van der Waals surface area contributed by atoms with Crippen LogP contribution < -0.4 is 5.43 Å². The molecule has 0 unspecified atom stereocenters. The molecule has 2 aliphatic heterocycles. The van der Waals surface area contributed by atoms with Crippen molar-refractivity contribution in [3.05, 3.63) is 81.5 Å². The lowest BCUT2D eigenvalue weighted by Crippen LogP contribution is -2.36. The molecule has 1 amide bonds. The van der Waals surface area contributed by atoms with Gasteiger partial charge in [-0.05, 0) is 31.0 Å². The maximum atomic E-state index is 14.7. The van der Waals surface area contributed by atoms with Gasteiger partial charge in [-0.3, -0.25) is 9.59 Å². The van der Waals surface area contributed by atoms with Gasteiger partial charge < -0.3 is 14.1 Å². The van der Waals surface area contributed by atoms with Crippen LogP contribution in [0.1, 0.15) is 40.6 Å². The van der Waals surface area contributed by atoms with Crippen LogP contribution in [0.4, 0.5) is 4.39 Å². The number of amides is 1. The van der Waals surface area contributed by atoms with Gasteiger partial charge in [-0.1, -0.05) is 30.3 Å². The third-order valence-electron chi connectivity index (χ3n) is 5.50. The van der Waals surface area contributed by atoms with Crippen LogP contribution in [0, 0.1) is 5.82 Å². The van der Waals surface area contributed by atoms with Crippen molar-refractivity contribution in [1.29, 1.82) is 0 Å². The summed E-state index contributed by atoms with van der Waals surface area (Å²) < 4.78 is 26.2. The molecule has 3 aromatic rings. The monoisotopic (exact) mass is 379 g/mol. The van der Waals surface area contributed by atoms with E-state index in [4.69, 9.17) is 9.15 Å². The van der Waals surface area contributed by atoms with Crippen molar-refractivity contribution in [1.82, 2.24) is 4.90 Å². The molecular weight excluding hydrogens is 361 g/mol. The Bertz CT molecular complexity index is 1130. The quantitative estimate of drug-likeness (QED) is 0.697. The van der Waals surface area contributed by atoms with Crippen molar-refractivity contribution >= 4 is 16.9 Å². The van der Waals surface area contributed by atoms with E-state index >= 15 is 0 Å². The fourth-order valence-corrected chi connectivity index (χ4v) is 4.18. The summed E-state index contributed by atoms with van der Waals surface area (Å²) >= 11 is 0. The fraction of sp³-hybridized carbons (Fsp3) is 0.273. The van der Waals surface area contributed by atoms with Gasteiger partial charge in [-0.15, -0.1) is 0 Å². The molecule has 0 aliphatic carbocycles. The smallest absolute Gasteiger partial charge is 0.291 e. The van der Waals surface area contributed by atoms with Crippen molar-refractivity contribution in [2.45, 2.75) is 25.0 Å². The van der Waals surface area contributed by atoms with E-state index < -0.39 is 17.8 Å². The highest BCUT2D eigenvalue weighted by Crippen LogP contribution is 2.39. The third kappa shape index (κ3) is 2.56. The van der Waals surface area contributed by atoms with Crippen molar-refractivity contribution in [2.75, 3.05) is 13.2 Å². The number of carbonyl (C=O) groups excluding carboxylic acids is 1. The van der Waals surface area contributed by atoms with Crippen LogP contribution in [0.2, 0.25) is 0 Å². The summed E-state index contributed by atoms with van der Waals surface area (Å²) in [6, 6.07) is 12.2. The highest BCUT2D eigenvalue weighted by atomic mass is 19.1. The number of nitrogens with zero attached hydrogens (tertiary/aromatic N) is 1. The molecule has 1 saturated heterocycles. The number of rotatable bonds is 3. The van der Waals surface area contributed by atoms with E-state index in [9.17, 15) is 14.0 Å². The number of benzene rings is 2. The van der Waals surface area contributed by atoms with Crippen molar-refractivity contribution in [3.8, 4) is 0 Å². The predicted molar refractivity (Wildman–Crippen MR) is 101 cm³/mol. The topological polar surface area (TPSA) is 59.8 Å². The number of hydrogen-bond acceptors (Lipinski definition) is 4. The Labute approximate surface area is 160 Å². The number of ether oxygens (including phenoxy) is 1. The molecule has 3 heterocycles.